The van der Waals surface area contributed by atoms with Crippen LogP contribution in [-0.2, 0) is 19.1 Å². The van der Waals surface area contributed by atoms with Crippen molar-refractivity contribution in [3.8, 4) is 0 Å². The van der Waals surface area contributed by atoms with E-state index in [9.17, 15) is 9.59 Å². The van der Waals surface area contributed by atoms with Gasteiger partial charge in [0.1, 0.15) is 5.41 Å². The van der Waals surface area contributed by atoms with Crippen molar-refractivity contribution in [2.75, 3.05) is 32.8 Å². The minimum atomic E-state index is -1.08. The minimum absolute atomic E-state index is 0.108. The normalized spacial score (nSPS) is 20.1. The SMILES string of the molecule is CCOC(=O)C(C)(C)C(=O)CN1CCOC(C)(C)C1. The van der Waals surface area contributed by atoms with Crippen molar-refractivity contribution in [1.82, 2.24) is 4.90 Å². The summed E-state index contributed by atoms with van der Waals surface area (Å²) in [6.07, 6.45) is 0. The molecule has 0 aromatic carbocycles. The van der Waals surface area contributed by atoms with E-state index in [0.717, 1.165) is 0 Å². The van der Waals surface area contributed by atoms with Gasteiger partial charge in [-0.3, -0.25) is 14.5 Å². The van der Waals surface area contributed by atoms with Crippen LogP contribution in [0.25, 0.3) is 0 Å². The third-order valence-electron chi connectivity index (χ3n) is 3.35. The van der Waals surface area contributed by atoms with Crippen LogP contribution < -0.4 is 0 Å². The molecular formula is C14H25NO4. The van der Waals surface area contributed by atoms with E-state index in [1.807, 2.05) is 18.7 Å². The highest BCUT2D eigenvalue weighted by Crippen LogP contribution is 2.22. The summed E-state index contributed by atoms with van der Waals surface area (Å²) < 4.78 is 10.6. The highest BCUT2D eigenvalue weighted by atomic mass is 16.5. The largest absolute Gasteiger partial charge is 0.465 e. The zero-order valence-corrected chi connectivity index (χ0v) is 12.6. The molecule has 1 saturated heterocycles. The van der Waals surface area contributed by atoms with Crippen molar-refractivity contribution in [3.63, 3.8) is 0 Å². The first-order valence-corrected chi connectivity index (χ1v) is 6.76. The molecule has 0 atom stereocenters. The maximum absolute atomic E-state index is 12.3. The van der Waals surface area contributed by atoms with E-state index in [0.29, 0.717) is 26.3 Å². The second-order valence-electron chi connectivity index (χ2n) is 6.09. The molecule has 0 aromatic rings. The van der Waals surface area contributed by atoms with Gasteiger partial charge in [0.05, 0.1) is 25.4 Å². The van der Waals surface area contributed by atoms with Gasteiger partial charge >= 0.3 is 5.97 Å². The summed E-state index contributed by atoms with van der Waals surface area (Å²) in [6.45, 7) is 11.6. The third kappa shape index (κ3) is 4.28. The molecule has 0 bridgehead atoms. The molecule has 110 valence electrons. The van der Waals surface area contributed by atoms with E-state index >= 15 is 0 Å². The highest BCUT2D eigenvalue weighted by Gasteiger charge is 2.39. The molecule has 0 spiro atoms. The summed E-state index contributed by atoms with van der Waals surface area (Å²) in [5.74, 6) is -0.559. The van der Waals surface area contributed by atoms with Crippen LogP contribution in [0.5, 0.6) is 0 Å². The Bertz CT molecular complexity index is 349. The van der Waals surface area contributed by atoms with Crippen LogP contribution in [0.15, 0.2) is 0 Å². The molecule has 0 radical (unpaired) electrons. The van der Waals surface area contributed by atoms with Crippen molar-refractivity contribution < 1.29 is 19.1 Å². The molecule has 0 amide bonds. The standard InChI is InChI=1S/C14H25NO4/c1-6-18-12(17)14(4,5)11(16)9-15-7-8-19-13(2,3)10-15/h6-10H2,1-5H3. The molecule has 5 heteroatoms. The summed E-state index contributed by atoms with van der Waals surface area (Å²) in [4.78, 5) is 26.1. The van der Waals surface area contributed by atoms with Gasteiger partial charge in [0, 0.05) is 13.1 Å². The zero-order chi connectivity index (χ0) is 14.7. The Labute approximate surface area is 115 Å². The molecule has 0 unspecified atom stereocenters. The first-order chi connectivity index (χ1) is 8.69. The van der Waals surface area contributed by atoms with Gasteiger partial charge < -0.3 is 9.47 Å². The number of hydrogen-bond acceptors (Lipinski definition) is 5. The molecule has 1 aliphatic rings. The molecule has 1 rings (SSSR count). The number of carbonyl (C=O) groups excluding carboxylic acids is 2. The van der Waals surface area contributed by atoms with Crippen LogP contribution >= 0.6 is 0 Å². The molecule has 0 aliphatic carbocycles. The fraction of sp³-hybridized carbons (Fsp3) is 0.857. The highest BCUT2D eigenvalue weighted by molar-refractivity contribution is 6.03. The lowest BCUT2D eigenvalue weighted by atomic mass is 9.87. The van der Waals surface area contributed by atoms with Gasteiger partial charge in [-0.25, -0.2) is 0 Å². The average molecular weight is 271 g/mol. The number of esters is 1. The van der Waals surface area contributed by atoms with E-state index in [4.69, 9.17) is 9.47 Å². The summed E-state index contributed by atoms with van der Waals surface area (Å²) >= 11 is 0. The molecule has 0 N–H and O–H groups in total. The number of ketones is 1. The second kappa shape index (κ2) is 6.01. The zero-order valence-electron chi connectivity index (χ0n) is 12.6. The van der Waals surface area contributed by atoms with Gasteiger partial charge in [0.15, 0.2) is 5.78 Å². The van der Waals surface area contributed by atoms with E-state index in [-0.39, 0.29) is 17.9 Å². The quantitative estimate of drug-likeness (QED) is 0.556. The van der Waals surface area contributed by atoms with Crippen molar-refractivity contribution in [2.24, 2.45) is 5.41 Å². The number of ether oxygens (including phenoxy) is 2. The summed E-state index contributed by atoms with van der Waals surface area (Å²) in [5.41, 5.74) is -1.33. The first-order valence-electron chi connectivity index (χ1n) is 6.76. The van der Waals surface area contributed by atoms with Gasteiger partial charge in [-0.1, -0.05) is 0 Å². The van der Waals surface area contributed by atoms with Crippen molar-refractivity contribution in [2.45, 2.75) is 40.2 Å². The molecular weight excluding hydrogens is 246 g/mol. The van der Waals surface area contributed by atoms with Crippen LogP contribution in [0.2, 0.25) is 0 Å². The van der Waals surface area contributed by atoms with Crippen molar-refractivity contribution >= 4 is 11.8 Å². The minimum Gasteiger partial charge on any atom is -0.465 e. The smallest absolute Gasteiger partial charge is 0.319 e. The van der Waals surface area contributed by atoms with Crippen LogP contribution in [-0.4, -0.2) is 55.1 Å². The Morgan fingerprint density at radius 3 is 2.53 bits per heavy atom. The Morgan fingerprint density at radius 1 is 1.37 bits per heavy atom. The predicted octanol–water partition coefficient (Wildman–Crippen LogP) is 1.26. The molecule has 1 heterocycles. The van der Waals surface area contributed by atoms with Gasteiger partial charge in [0.2, 0.25) is 0 Å². The molecule has 1 fully saturated rings. The molecule has 1 aliphatic heterocycles. The molecule has 0 saturated carbocycles. The van der Waals surface area contributed by atoms with Crippen LogP contribution in [0.1, 0.15) is 34.6 Å². The van der Waals surface area contributed by atoms with Crippen molar-refractivity contribution in [3.05, 3.63) is 0 Å². The molecule has 5 nitrogen and oxygen atoms in total. The van der Waals surface area contributed by atoms with Crippen molar-refractivity contribution in [1.29, 1.82) is 0 Å². The van der Waals surface area contributed by atoms with Gasteiger partial charge in [-0.2, -0.15) is 0 Å². The van der Waals surface area contributed by atoms with E-state index < -0.39 is 11.4 Å². The second-order valence-corrected chi connectivity index (χ2v) is 6.09. The van der Waals surface area contributed by atoms with Crippen LogP contribution in [0.4, 0.5) is 0 Å². The maximum Gasteiger partial charge on any atom is 0.319 e. The number of carbonyl (C=O) groups is 2. The van der Waals surface area contributed by atoms with Gasteiger partial charge in [-0.05, 0) is 34.6 Å². The number of rotatable bonds is 5. The van der Waals surface area contributed by atoms with E-state index in [2.05, 4.69) is 0 Å². The Hall–Kier alpha value is -0.940. The summed E-state index contributed by atoms with van der Waals surface area (Å²) in [5, 5.41) is 0. The Kier molecular flexibility index (Phi) is 5.10. The number of nitrogens with zero attached hydrogens (tertiary/aromatic N) is 1. The predicted molar refractivity (Wildman–Crippen MR) is 71.9 cm³/mol. The average Bonchev–Trinajstić information content (AvgIpc) is 2.27. The Morgan fingerprint density at radius 2 is 2.00 bits per heavy atom. The summed E-state index contributed by atoms with van der Waals surface area (Å²) in [6, 6.07) is 0. The molecule has 0 aromatic heterocycles. The lowest BCUT2D eigenvalue weighted by molar-refractivity contribution is -0.159. The van der Waals surface area contributed by atoms with E-state index in [1.165, 1.54) is 0 Å². The Balaban J connectivity index is 2.61. The fourth-order valence-electron chi connectivity index (χ4n) is 2.08. The number of hydrogen-bond donors (Lipinski definition) is 0. The monoisotopic (exact) mass is 271 g/mol. The fourth-order valence-corrected chi connectivity index (χ4v) is 2.08. The lowest BCUT2D eigenvalue weighted by Crippen LogP contribution is -2.52. The third-order valence-corrected chi connectivity index (χ3v) is 3.35. The van der Waals surface area contributed by atoms with Gasteiger partial charge in [-0.15, -0.1) is 0 Å². The number of Topliss-reactive ketones (excluding diaryl/α,β-unsaturated/α-hetero) is 1. The number of morpholine rings is 1. The summed E-state index contributed by atoms with van der Waals surface area (Å²) in [7, 11) is 0. The van der Waals surface area contributed by atoms with Crippen LogP contribution in [0.3, 0.4) is 0 Å². The topological polar surface area (TPSA) is 55.8 Å². The van der Waals surface area contributed by atoms with Gasteiger partial charge in [0.25, 0.3) is 0 Å². The maximum atomic E-state index is 12.3. The molecule has 19 heavy (non-hydrogen) atoms. The van der Waals surface area contributed by atoms with Crippen LogP contribution in [0, 0.1) is 5.41 Å². The van der Waals surface area contributed by atoms with E-state index in [1.54, 1.807) is 20.8 Å². The first kappa shape index (κ1) is 16.1. The lowest BCUT2D eigenvalue weighted by Gasteiger charge is -2.38.